The van der Waals surface area contributed by atoms with Crippen LogP contribution in [0.5, 0.6) is 0 Å². The zero-order valence-electron chi connectivity index (χ0n) is 10.6. The summed E-state index contributed by atoms with van der Waals surface area (Å²) in [6.45, 7) is 2.82. The molecule has 17 heavy (non-hydrogen) atoms. The normalized spacial score (nSPS) is 10.3. The van der Waals surface area contributed by atoms with Gasteiger partial charge in [0.15, 0.2) is 5.78 Å². The average molecular weight is 235 g/mol. The van der Waals surface area contributed by atoms with Crippen LogP contribution in [0.2, 0.25) is 0 Å². The molecular weight excluding hydrogens is 214 g/mol. The Kier molecular flexibility index (Phi) is 5.70. The lowest BCUT2D eigenvalue weighted by atomic mass is 10.1. The summed E-state index contributed by atoms with van der Waals surface area (Å²) in [5.41, 5.74) is 1.88. The molecule has 0 atom stereocenters. The fraction of sp³-hybridized carbons (Fsp3) is 0.500. The number of carbonyl (C=O) groups is 1. The van der Waals surface area contributed by atoms with Gasteiger partial charge in [-0.3, -0.25) is 4.79 Å². The molecule has 0 saturated heterocycles. The standard InChI is InChI=1S/C14H21NO2/c1-12(17)13-6-8-14(9-7-13)15(2)10-4-3-5-11-16/h6-9,16H,3-5,10-11H2,1-2H3. The molecule has 0 aromatic heterocycles. The van der Waals surface area contributed by atoms with Gasteiger partial charge >= 0.3 is 0 Å². The van der Waals surface area contributed by atoms with Crippen LogP contribution in [0.25, 0.3) is 0 Å². The average Bonchev–Trinajstić information content (AvgIpc) is 2.34. The van der Waals surface area contributed by atoms with Gasteiger partial charge in [-0.25, -0.2) is 0 Å². The van der Waals surface area contributed by atoms with Crippen LogP contribution in [-0.2, 0) is 0 Å². The Morgan fingerprint density at radius 3 is 2.35 bits per heavy atom. The molecule has 0 spiro atoms. The third-order valence-corrected chi connectivity index (χ3v) is 2.87. The number of nitrogens with zero attached hydrogens (tertiary/aromatic N) is 1. The number of hydrogen-bond donors (Lipinski definition) is 1. The molecule has 1 N–H and O–H groups in total. The monoisotopic (exact) mass is 235 g/mol. The first-order valence-electron chi connectivity index (χ1n) is 6.08. The van der Waals surface area contributed by atoms with Crippen LogP contribution < -0.4 is 4.90 Å². The number of Topliss-reactive ketones (excluding diaryl/α,β-unsaturated/α-hetero) is 1. The van der Waals surface area contributed by atoms with Gasteiger partial charge in [0.05, 0.1) is 0 Å². The molecule has 94 valence electrons. The minimum absolute atomic E-state index is 0.0992. The Morgan fingerprint density at radius 2 is 1.82 bits per heavy atom. The molecule has 0 radical (unpaired) electrons. The Labute approximate surface area is 103 Å². The molecule has 1 aromatic carbocycles. The van der Waals surface area contributed by atoms with Crippen molar-refractivity contribution in [2.75, 3.05) is 25.1 Å². The second-order valence-electron chi connectivity index (χ2n) is 4.31. The Balaban J connectivity index is 2.46. The zero-order chi connectivity index (χ0) is 12.7. The molecule has 0 aliphatic rings. The number of ketones is 1. The van der Waals surface area contributed by atoms with Crippen LogP contribution in [0, 0.1) is 0 Å². The van der Waals surface area contributed by atoms with Gasteiger partial charge in [-0.15, -0.1) is 0 Å². The van der Waals surface area contributed by atoms with E-state index in [1.807, 2.05) is 31.3 Å². The van der Waals surface area contributed by atoms with Gasteiger partial charge in [0.1, 0.15) is 0 Å². The second kappa shape index (κ2) is 7.07. The molecular formula is C14H21NO2. The molecule has 3 nitrogen and oxygen atoms in total. The number of carbonyl (C=O) groups excluding carboxylic acids is 1. The Hall–Kier alpha value is -1.35. The third-order valence-electron chi connectivity index (χ3n) is 2.87. The summed E-state index contributed by atoms with van der Waals surface area (Å²) >= 11 is 0. The number of benzene rings is 1. The Morgan fingerprint density at radius 1 is 1.18 bits per heavy atom. The topological polar surface area (TPSA) is 40.5 Å². The molecule has 0 aliphatic carbocycles. The van der Waals surface area contributed by atoms with Gasteiger partial charge in [0.25, 0.3) is 0 Å². The van der Waals surface area contributed by atoms with E-state index in [2.05, 4.69) is 4.90 Å². The Bertz CT molecular complexity index is 346. The summed E-state index contributed by atoms with van der Waals surface area (Å²) < 4.78 is 0. The molecule has 0 fully saturated rings. The molecule has 3 heteroatoms. The largest absolute Gasteiger partial charge is 0.396 e. The van der Waals surface area contributed by atoms with Crippen molar-refractivity contribution in [3.63, 3.8) is 0 Å². The number of rotatable bonds is 7. The van der Waals surface area contributed by atoms with Crippen LogP contribution in [0.1, 0.15) is 36.5 Å². The number of anilines is 1. The summed E-state index contributed by atoms with van der Waals surface area (Å²) in [7, 11) is 2.04. The smallest absolute Gasteiger partial charge is 0.159 e. The number of hydrogen-bond acceptors (Lipinski definition) is 3. The van der Waals surface area contributed by atoms with Gasteiger partial charge in [-0.2, -0.15) is 0 Å². The molecule has 1 aromatic rings. The third kappa shape index (κ3) is 4.57. The summed E-state index contributed by atoms with van der Waals surface area (Å²) in [5, 5.41) is 8.69. The van der Waals surface area contributed by atoms with Crippen molar-refractivity contribution in [1.29, 1.82) is 0 Å². The van der Waals surface area contributed by atoms with Crippen LogP contribution in [0.15, 0.2) is 24.3 Å². The minimum atomic E-state index is 0.0992. The fourth-order valence-electron chi connectivity index (χ4n) is 1.72. The molecule has 1 rings (SSSR count). The van der Waals surface area contributed by atoms with Gasteiger partial charge in [0.2, 0.25) is 0 Å². The van der Waals surface area contributed by atoms with E-state index in [-0.39, 0.29) is 12.4 Å². The predicted molar refractivity (Wildman–Crippen MR) is 70.7 cm³/mol. The van der Waals surface area contributed by atoms with E-state index in [0.29, 0.717) is 0 Å². The lowest BCUT2D eigenvalue weighted by molar-refractivity contribution is 0.101. The highest BCUT2D eigenvalue weighted by atomic mass is 16.2. The van der Waals surface area contributed by atoms with Gasteiger partial charge in [0, 0.05) is 31.5 Å². The van der Waals surface area contributed by atoms with Gasteiger partial charge < -0.3 is 10.0 Å². The highest BCUT2D eigenvalue weighted by Gasteiger charge is 2.02. The molecule has 0 heterocycles. The quantitative estimate of drug-likeness (QED) is 0.583. The van der Waals surface area contributed by atoms with Crippen LogP contribution in [-0.4, -0.2) is 31.1 Å². The summed E-state index contributed by atoms with van der Waals surface area (Å²) in [4.78, 5) is 13.3. The van der Waals surface area contributed by atoms with E-state index >= 15 is 0 Å². The predicted octanol–water partition coefficient (Wildman–Crippen LogP) is 2.49. The van der Waals surface area contributed by atoms with Crippen molar-refractivity contribution in [2.45, 2.75) is 26.2 Å². The number of aliphatic hydroxyl groups is 1. The van der Waals surface area contributed by atoms with Crippen molar-refractivity contribution in [3.8, 4) is 0 Å². The summed E-state index contributed by atoms with van der Waals surface area (Å²) in [5.74, 6) is 0.0992. The molecule has 0 saturated carbocycles. The van der Waals surface area contributed by atoms with E-state index in [1.165, 1.54) is 0 Å². The van der Waals surface area contributed by atoms with Crippen LogP contribution >= 0.6 is 0 Å². The van der Waals surface area contributed by atoms with E-state index in [9.17, 15) is 4.79 Å². The van der Waals surface area contributed by atoms with E-state index in [0.717, 1.165) is 37.1 Å². The second-order valence-corrected chi connectivity index (χ2v) is 4.31. The van der Waals surface area contributed by atoms with E-state index in [4.69, 9.17) is 5.11 Å². The first-order valence-corrected chi connectivity index (χ1v) is 6.08. The maximum absolute atomic E-state index is 11.1. The van der Waals surface area contributed by atoms with Crippen molar-refractivity contribution in [2.24, 2.45) is 0 Å². The molecule has 0 unspecified atom stereocenters. The molecule has 0 aliphatic heterocycles. The minimum Gasteiger partial charge on any atom is -0.396 e. The SMILES string of the molecule is CC(=O)c1ccc(N(C)CCCCCO)cc1. The molecule has 0 bridgehead atoms. The summed E-state index contributed by atoms with van der Waals surface area (Å²) in [6.07, 6.45) is 3.00. The number of unbranched alkanes of at least 4 members (excludes halogenated alkanes) is 2. The highest BCUT2D eigenvalue weighted by molar-refractivity contribution is 5.94. The van der Waals surface area contributed by atoms with Gasteiger partial charge in [-0.1, -0.05) is 0 Å². The van der Waals surface area contributed by atoms with E-state index < -0.39 is 0 Å². The first-order chi connectivity index (χ1) is 8.15. The summed E-state index contributed by atoms with van der Waals surface area (Å²) in [6, 6.07) is 7.68. The van der Waals surface area contributed by atoms with Crippen molar-refractivity contribution in [3.05, 3.63) is 29.8 Å². The molecule has 0 amide bonds. The van der Waals surface area contributed by atoms with Gasteiger partial charge in [-0.05, 0) is 50.5 Å². The van der Waals surface area contributed by atoms with Crippen molar-refractivity contribution in [1.82, 2.24) is 0 Å². The fourth-order valence-corrected chi connectivity index (χ4v) is 1.72. The van der Waals surface area contributed by atoms with E-state index in [1.54, 1.807) is 6.92 Å². The highest BCUT2D eigenvalue weighted by Crippen LogP contribution is 2.14. The lowest BCUT2D eigenvalue weighted by Gasteiger charge is -2.19. The van der Waals surface area contributed by atoms with Crippen molar-refractivity contribution < 1.29 is 9.90 Å². The van der Waals surface area contributed by atoms with Crippen LogP contribution in [0.4, 0.5) is 5.69 Å². The zero-order valence-corrected chi connectivity index (χ0v) is 10.6. The maximum atomic E-state index is 11.1. The number of aliphatic hydroxyl groups excluding tert-OH is 1. The lowest BCUT2D eigenvalue weighted by Crippen LogP contribution is -2.18. The first kappa shape index (κ1) is 13.7. The van der Waals surface area contributed by atoms with Crippen LogP contribution in [0.3, 0.4) is 0 Å². The van der Waals surface area contributed by atoms with Crippen molar-refractivity contribution >= 4 is 11.5 Å². The maximum Gasteiger partial charge on any atom is 0.159 e.